The van der Waals surface area contributed by atoms with Crippen molar-refractivity contribution < 1.29 is 9.59 Å². The summed E-state index contributed by atoms with van der Waals surface area (Å²) in [7, 11) is 0. The number of carbonyl (C=O) groups excluding carboxylic acids is 2. The highest BCUT2D eigenvalue weighted by atomic mass is 16.2. The van der Waals surface area contributed by atoms with E-state index in [-0.39, 0.29) is 23.9 Å². The number of hydrogen-bond acceptors (Lipinski definition) is 2. The van der Waals surface area contributed by atoms with Gasteiger partial charge in [0, 0.05) is 11.1 Å². The van der Waals surface area contributed by atoms with Gasteiger partial charge in [0.05, 0.1) is 12.1 Å². The highest BCUT2D eigenvalue weighted by Crippen LogP contribution is 2.14. The molecule has 2 unspecified atom stereocenters. The van der Waals surface area contributed by atoms with Crippen LogP contribution in [-0.4, -0.2) is 11.8 Å². The summed E-state index contributed by atoms with van der Waals surface area (Å²) in [6.07, 6.45) is 0. The minimum atomic E-state index is -0.166. The molecule has 0 saturated carbocycles. The van der Waals surface area contributed by atoms with E-state index in [0.29, 0.717) is 11.1 Å². The van der Waals surface area contributed by atoms with Crippen LogP contribution in [0.4, 0.5) is 0 Å². The van der Waals surface area contributed by atoms with Crippen molar-refractivity contribution in [1.82, 2.24) is 10.6 Å². The Bertz CT molecular complexity index is 843. The number of amides is 2. The third-order valence-corrected chi connectivity index (χ3v) is 4.70. The molecule has 0 aliphatic heterocycles. The molecule has 0 spiro atoms. The molecule has 0 aliphatic carbocycles. The van der Waals surface area contributed by atoms with Crippen molar-refractivity contribution in [2.24, 2.45) is 0 Å². The van der Waals surface area contributed by atoms with Gasteiger partial charge < -0.3 is 10.6 Å². The van der Waals surface area contributed by atoms with Gasteiger partial charge in [-0.3, -0.25) is 9.59 Å². The van der Waals surface area contributed by atoms with Crippen molar-refractivity contribution in [2.75, 3.05) is 0 Å². The van der Waals surface area contributed by atoms with Crippen LogP contribution in [0.2, 0.25) is 0 Å². The third-order valence-electron chi connectivity index (χ3n) is 4.70. The molecule has 2 N–H and O–H groups in total. The predicted octanol–water partition coefficient (Wildman–Crippen LogP) is 4.67. The first-order valence-electron chi connectivity index (χ1n) is 9.36. The van der Waals surface area contributed by atoms with E-state index >= 15 is 0 Å². The van der Waals surface area contributed by atoms with E-state index in [2.05, 4.69) is 10.6 Å². The van der Waals surface area contributed by atoms with Crippen molar-refractivity contribution >= 4 is 11.8 Å². The molecule has 0 aromatic heterocycles. The molecule has 4 heteroatoms. The molecule has 2 atom stereocenters. The molecular formula is C24H24N2O2. The molecule has 0 saturated heterocycles. The molecule has 0 bridgehead atoms. The van der Waals surface area contributed by atoms with Crippen molar-refractivity contribution in [3.05, 3.63) is 107 Å². The summed E-state index contributed by atoms with van der Waals surface area (Å²) in [6, 6.07) is 26.1. The van der Waals surface area contributed by atoms with Crippen LogP contribution in [0, 0.1) is 0 Å². The van der Waals surface area contributed by atoms with E-state index in [1.54, 1.807) is 24.3 Å². The number of benzene rings is 3. The average molecular weight is 372 g/mol. The summed E-state index contributed by atoms with van der Waals surface area (Å²) in [6.45, 7) is 3.89. The zero-order chi connectivity index (χ0) is 19.9. The minimum Gasteiger partial charge on any atom is -0.346 e. The second-order valence-corrected chi connectivity index (χ2v) is 6.79. The van der Waals surface area contributed by atoms with Crippen LogP contribution in [0.1, 0.15) is 57.8 Å². The number of hydrogen-bond donors (Lipinski definition) is 2. The summed E-state index contributed by atoms with van der Waals surface area (Å²) in [4.78, 5) is 24.9. The van der Waals surface area contributed by atoms with Crippen molar-refractivity contribution in [3.63, 3.8) is 0 Å². The largest absolute Gasteiger partial charge is 0.346 e. The lowest BCUT2D eigenvalue weighted by Crippen LogP contribution is -2.28. The maximum atomic E-state index is 12.5. The van der Waals surface area contributed by atoms with Gasteiger partial charge in [0.2, 0.25) is 0 Å². The molecule has 4 nitrogen and oxygen atoms in total. The highest BCUT2D eigenvalue weighted by molar-refractivity contribution is 5.98. The van der Waals surface area contributed by atoms with Gasteiger partial charge >= 0.3 is 0 Å². The number of rotatable bonds is 6. The molecule has 142 valence electrons. The third kappa shape index (κ3) is 4.86. The van der Waals surface area contributed by atoms with Crippen molar-refractivity contribution in [1.29, 1.82) is 0 Å². The van der Waals surface area contributed by atoms with Crippen LogP contribution >= 0.6 is 0 Å². The Kier molecular flexibility index (Phi) is 6.22. The van der Waals surface area contributed by atoms with Gasteiger partial charge in [-0.05, 0) is 49.2 Å². The Morgan fingerprint density at radius 3 is 1.21 bits per heavy atom. The van der Waals surface area contributed by atoms with Gasteiger partial charge in [-0.1, -0.05) is 60.7 Å². The van der Waals surface area contributed by atoms with Crippen LogP contribution in [0.25, 0.3) is 0 Å². The van der Waals surface area contributed by atoms with Gasteiger partial charge in [-0.25, -0.2) is 0 Å². The lowest BCUT2D eigenvalue weighted by Gasteiger charge is -2.15. The summed E-state index contributed by atoms with van der Waals surface area (Å²) >= 11 is 0. The van der Waals surface area contributed by atoms with Crippen LogP contribution in [0.15, 0.2) is 84.9 Å². The molecule has 0 radical (unpaired) electrons. The van der Waals surface area contributed by atoms with E-state index in [1.165, 1.54) is 0 Å². The molecule has 0 heterocycles. The smallest absolute Gasteiger partial charge is 0.251 e. The topological polar surface area (TPSA) is 58.2 Å². The number of nitrogens with one attached hydrogen (secondary N) is 2. The van der Waals surface area contributed by atoms with Gasteiger partial charge in [-0.2, -0.15) is 0 Å². The molecule has 0 aliphatic rings. The van der Waals surface area contributed by atoms with Crippen molar-refractivity contribution in [2.45, 2.75) is 25.9 Å². The Morgan fingerprint density at radius 2 is 0.893 bits per heavy atom. The van der Waals surface area contributed by atoms with E-state index < -0.39 is 0 Å². The zero-order valence-electron chi connectivity index (χ0n) is 16.1. The predicted molar refractivity (Wildman–Crippen MR) is 111 cm³/mol. The normalized spacial score (nSPS) is 12.6. The minimum absolute atomic E-state index is 0.0941. The van der Waals surface area contributed by atoms with Crippen LogP contribution in [0.5, 0.6) is 0 Å². The summed E-state index contributed by atoms with van der Waals surface area (Å²) in [5.74, 6) is -0.332. The fraction of sp³-hybridized carbons (Fsp3) is 0.167. The molecule has 28 heavy (non-hydrogen) atoms. The van der Waals surface area contributed by atoms with Crippen LogP contribution < -0.4 is 10.6 Å². The Morgan fingerprint density at radius 1 is 0.571 bits per heavy atom. The Balaban J connectivity index is 1.61. The van der Waals surface area contributed by atoms with Gasteiger partial charge in [0.15, 0.2) is 0 Å². The molecule has 2 amide bonds. The first kappa shape index (κ1) is 19.4. The highest BCUT2D eigenvalue weighted by Gasteiger charge is 2.14. The average Bonchev–Trinajstić information content (AvgIpc) is 2.75. The molecule has 3 aromatic carbocycles. The summed E-state index contributed by atoms with van der Waals surface area (Å²) in [5, 5.41) is 5.95. The summed E-state index contributed by atoms with van der Waals surface area (Å²) < 4.78 is 0. The lowest BCUT2D eigenvalue weighted by atomic mass is 10.1. The Labute approximate surface area is 165 Å². The monoisotopic (exact) mass is 372 g/mol. The van der Waals surface area contributed by atoms with Gasteiger partial charge in [0.1, 0.15) is 0 Å². The first-order valence-corrected chi connectivity index (χ1v) is 9.36. The Hall–Kier alpha value is -3.40. The van der Waals surface area contributed by atoms with Gasteiger partial charge in [-0.15, -0.1) is 0 Å². The quantitative estimate of drug-likeness (QED) is 0.661. The number of carbonyl (C=O) groups is 2. The molecule has 0 fully saturated rings. The maximum Gasteiger partial charge on any atom is 0.251 e. The second kappa shape index (κ2) is 9.00. The van der Waals surface area contributed by atoms with Gasteiger partial charge in [0.25, 0.3) is 11.8 Å². The van der Waals surface area contributed by atoms with Crippen molar-refractivity contribution in [3.8, 4) is 0 Å². The van der Waals surface area contributed by atoms with E-state index in [4.69, 9.17) is 0 Å². The zero-order valence-corrected chi connectivity index (χ0v) is 16.1. The standard InChI is InChI=1S/C24H24N2O2/c1-17(19-9-5-3-6-10-19)25-23(27)21-13-15-22(16-14-21)24(28)26-18(2)20-11-7-4-8-12-20/h3-18H,1-2H3,(H,25,27)(H,26,28). The SMILES string of the molecule is CC(NC(=O)c1ccc(C(=O)NC(C)c2ccccc2)cc1)c1ccccc1. The second-order valence-electron chi connectivity index (χ2n) is 6.79. The van der Waals surface area contributed by atoms with Crippen LogP contribution in [-0.2, 0) is 0 Å². The summed E-state index contributed by atoms with van der Waals surface area (Å²) in [5.41, 5.74) is 3.13. The van der Waals surface area contributed by atoms with Crippen LogP contribution in [0.3, 0.4) is 0 Å². The fourth-order valence-electron chi connectivity index (χ4n) is 2.98. The molecule has 3 rings (SSSR count). The molecular weight excluding hydrogens is 348 g/mol. The maximum absolute atomic E-state index is 12.5. The fourth-order valence-corrected chi connectivity index (χ4v) is 2.98. The first-order chi connectivity index (χ1) is 13.5. The van der Waals surface area contributed by atoms with E-state index in [0.717, 1.165) is 11.1 Å². The van der Waals surface area contributed by atoms with E-state index in [1.807, 2.05) is 74.5 Å². The lowest BCUT2D eigenvalue weighted by molar-refractivity contribution is 0.0927. The van der Waals surface area contributed by atoms with E-state index in [9.17, 15) is 9.59 Å². The molecule has 3 aromatic rings.